The van der Waals surface area contributed by atoms with Crippen LogP contribution in [0, 0.1) is 0 Å². The Bertz CT molecular complexity index is 681. The molecular weight excluding hydrogens is 321 g/mol. The molecule has 4 nitrogen and oxygen atoms in total. The molecule has 0 saturated heterocycles. The van der Waals surface area contributed by atoms with Gasteiger partial charge < -0.3 is 4.52 Å². The second kappa shape index (κ2) is 5.09. The Morgan fingerprint density at radius 3 is 2.56 bits per heavy atom. The van der Waals surface area contributed by atoms with Gasteiger partial charge in [-0.3, -0.25) is 0 Å². The number of hydrogen-bond acceptors (Lipinski definition) is 4. The highest BCUT2D eigenvalue weighted by atomic mass is 35.7. The summed E-state index contributed by atoms with van der Waals surface area (Å²) in [4.78, 5) is 0. The third-order valence-electron chi connectivity index (χ3n) is 2.08. The van der Waals surface area contributed by atoms with E-state index in [1.165, 1.54) is 6.07 Å². The fourth-order valence-corrected chi connectivity index (χ4v) is 2.70. The average molecular weight is 327 g/mol. The number of rotatable bonds is 3. The van der Waals surface area contributed by atoms with Crippen LogP contribution in [0.5, 0.6) is 0 Å². The second-order valence-corrected chi connectivity index (χ2v) is 7.11. The van der Waals surface area contributed by atoms with Gasteiger partial charge in [-0.25, -0.2) is 8.42 Å². The molecule has 0 atom stereocenters. The number of nitrogens with zero attached hydrogens (tertiary/aromatic N) is 1. The molecular formula is C10H6Cl3NO3S. The standard InChI is InChI=1S/C10H6Cl3NO3S/c11-6-1-2-8(9(12)3-6)10-4-7(14-17-10)5-18(13,15)16/h1-4H,5H2. The van der Waals surface area contributed by atoms with E-state index in [0.29, 0.717) is 21.4 Å². The van der Waals surface area contributed by atoms with E-state index < -0.39 is 14.8 Å². The number of aromatic nitrogens is 1. The van der Waals surface area contributed by atoms with Crippen molar-refractivity contribution in [1.29, 1.82) is 0 Å². The van der Waals surface area contributed by atoms with Gasteiger partial charge in [0.2, 0.25) is 9.05 Å². The average Bonchev–Trinajstić information content (AvgIpc) is 2.63. The second-order valence-electron chi connectivity index (χ2n) is 3.49. The monoisotopic (exact) mass is 325 g/mol. The van der Waals surface area contributed by atoms with Crippen molar-refractivity contribution in [1.82, 2.24) is 5.16 Å². The Morgan fingerprint density at radius 2 is 1.94 bits per heavy atom. The van der Waals surface area contributed by atoms with E-state index >= 15 is 0 Å². The van der Waals surface area contributed by atoms with E-state index in [1.54, 1.807) is 18.2 Å². The van der Waals surface area contributed by atoms with E-state index in [9.17, 15) is 8.42 Å². The third kappa shape index (κ3) is 3.38. The smallest absolute Gasteiger partial charge is 0.238 e. The molecule has 0 bridgehead atoms. The highest BCUT2D eigenvalue weighted by molar-refractivity contribution is 8.13. The summed E-state index contributed by atoms with van der Waals surface area (Å²) < 4.78 is 26.8. The SMILES string of the molecule is O=S(=O)(Cl)Cc1cc(-c2ccc(Cl)cc2Cl)on1. The molecule has 0 N–H and O–H groups in total. The molecule has 18 heavy (non-hydrogen) atoms. The van der Waals surface area contributed by atoms with Crippen molar-refractivity contribution in [3.8, 4) is 11.3 Å². The Hall–Kier alpha value is -0.750. The Kier molecular flexibility index (Phi) is 3.87. The maximum Gasteiger partial charge on any atom is 0.238 e. The number of benzene rings is 1. The van der Waals surface area contributed by atoms with Gasteiger partial charge in [0.05, 0.1) is 5.02 Å². The van der Waals surface area contributed by atoms with Gasteiger partial charge in [-0.1, -0.05) is 28.4 Å². The fourth-order valence-electron chi connectivity index (χ4n) is 1.37. The summed E-state index contributed by atoms with van der Waals surface area (Å²) in [5.41, 5.74) is 0.790. The summed E-state index contributed by atoms with van der Waals surface area (Å²) in [5.74, 6) is -0.0459. The molecule has 2 rings (SSSR count). The minimum Gasteiger partial charge on any atom is -0.356 e. The van der Waals surface area contributed by atoms with E-state index in [1.807, 2.05) is 0 Å². The van der Waals surface area contributed by atoms with Crippen molar-refractivity contribution in [2.45, 2.75) is 5.75 Å². The lowest BCUT2D eigenvalue weighted by Crippen LogP contribution is -1.94. The highest BCUT2D eigenvalue weighted by Crippen LogP contribution is 2.31. The first-order valence-electron chi connectivity index (χ1n) is 4.68. The van der Waals surface area contributed by atoms with Gasteiger partial charge in [0.1, 0.15) is 11.4 Å². The third-order valence-corrected chi connectivity index (χ3v) is 3.59. The first kappa shape index (κ1) is 13.7. The first-order chi connectivity index (χ1) is 8.35. The zero-order valence-corrected chi connectivity index (χ0v) is 11.8. The van der Waals surface area contributed by atoms with Gasteiger partial charge >= 0.3 is 0 Å². The number of halogens is 3. The van der Waals surface area contributed by atoms with Crippen LogP contribution < -0.4 is 0 Å². The van der Waals surface area contributed by atoms with E-state index in [-0.39, 0.29) is 5.69 Å². The minimum atomic E-state index is -3.67. The topological polar surface area (TPSA) is 60.2 Å². The molecule has 96 valence electrons. The van der Waals surface area contributed by atoms with E-state index in [2.05, 4.69) is 5.16 Å². The normalized spacial score (nSPS) is 11.7. The summed E-state index contributed by atoms with van der Waals surface area (Å²) in [5, 5.41) is 4.49. The lowest BCUT2D eigenvalue weighted by molar-refractivity contribution is 0.426. The van der Waals surface area contributed by atoms with Crippen LogP contribution in [0.1, 0.15) is 5.69 Å². The predicted octanol–water partition coefficient (Wildman–Crippen LogP) is 3.72. The van der Waals surface area contributed by atoms with Crippen molar-refractivity contribution >= 4 is 42.9 Å². The molecule has 0 fully saturated rings. The van der Waals surface area contributed by atoms with Gasteiger partial charge in [-0.05, 0) is 18.2 Å². The van der Waals surface area contributed by atoms with Gasteiger partial charge in [0.15, 0.2) is 5.76 Å². The molecule has 0 radical (unpaired) electrons. The molecule has 8 heteroatoms. The summed E-state index contributed by atoms with van der Waals surface area (Å²) in [7, 11) is 1.45. The molecule has 0 unspecified atom stereocenters. The van der Waals surface area contributed by atoms with Gasteiger partial charge in [0.25, 0.3) is 0 Å². The fraction of sp³-hybridized carbons (Fsp3) is 0.100. The largest absolute Gasteiger partial charge is 0.356 e. The van der Waals surface area contributed by atoms with Crippen LogP contribution in [0.4, 0.5) is 0 Å². The lowest BCUT2D eigenvalue weighted by atomic mass is 10.1. The summed E-state index contributed by atoms with van der Waals surface area (Å²) in [6.07, 6.45) is 0. The maximum atomic E-state index is 10.9. The van der Waals surface area contributed by atoms with Crippen LogP contribution in [0.3, 0.4) is 0 Å². The molecule has 0 aliphatic carbocycles. The first-order valence-corrected chi connectivity index (χ1v) is 7.92. The number of hydrogen-bond donors (Lipinski definition) is 0. The Labute approximate surface area is 118 Å². The lowest BCUT2D eigenvalue weighted by Gasteiger charge is -1.99. The van der Waals surface area contributed by atoms with Crippen LogP contribution >= 0.6 is 33.9 Å². The molecule has 0 aliphatic heterocycles. The Balaban J connectivity index is 2.35. The zero-order valence-electron chi connectivity index (χ0n) is 8.73. The molecule has 1 aromatic heterocycles. The maximum absolute atomic E-state index is 10.9. The van der Waals surface area contributed by atoms with Crippen LogP contribution in [0.15, 0.2) is 28.8 Å². The zero-order chi connectivity index (χ0) is 13.3. The van der Waals surface area contributed by atoms with Crippen LogP contribution in [-0.2, 0) is 14.8 Å². The van der Waals surface area contributed by atoms with Gasteiger partial charge in [0, 0.05) is 27.3 Å². The molecule has 2 aromatic rings. The Morgan fingerprint density at radius 1 is 1.22 bits per heavy atom. The molecule has 1 aromatic carbocycles. The molecule has 1 heterocycles. The van der Waals surface area contributed by atoms with Crippen molar-refractivity contribution in [3.63, 3.8) is 0 Å². The summed E-state index contributed by atoms with van der Waals surface area (Å²) >= 11 is 11.8. The predicted molar refractivity (Wildman–Crippen MR) is 70.4 cm³/mol. The van der Waals surface area contributed by atoms with Gasteiger partial charge in [-0.2, -0.15) is 0 Å². The van der Waals surface area contributed by atoms with Crippen molar-refractivity contribution in [3.05, 3.63) is 40.0 Å². The highest BCUT2D eigenvalue weighted by Gasteiger charge is 2.15. The van der Waals surface area contributed by atoms with Crippen LogP contribution in [-0.4, -0.2) is 13.6 Å². The van der Waals surface area contributed by atoms with Crippen LogP contribution in [0.2, 0.25) is 10.0 Å². The molecule has 0 spiro atoms. The van der Waals surface area contributed by atoms with Crippen molar-refractivity contribution in [2.75, 3.05) is 0 Å². The quantitative estimate of drug-likeness (QED) is 0.807. The summed E-state index contributed by atoms with van der Waals surface area (Å²) in [6, 6.07) is 6.32. The van der Waals surface area contributed by atoms with Crippen molar-refractivity contribution in [2.24, 2.45) is 0 Å². The molecule has 0 aliphatic rings. The molecule has 0 saturated carbocycles. The minimum absolute atomic E-state index is 0.214. The summed E-state index contributed by atoms with van der Waals surface area (Å²) in [6.45, 7) is 0. The van der Waals surface area contributed by atoms with Crippen LogP contribution in [0.25, 0.3) is 11.3 Å². The van der Waals surface area contributed by atoms with Crippen molar-refractivity contribution < 1.29 is 12.9 Å². The molecule has 0 amide bonds. The van der Waals surface area contributed by atoms with E-state index in [0.717, 1.165) is 0 Å². The van der Waals surface area contributed by atoms with E-state index in [4.69, 9.17) is 38.4 Å². The van der Waals surface area contributed by atoms with Gasteiger partial charge in [-0.15, -0.1) is 0 Å².